The highest BCUT2D eigenvalue weighted by atomic mass is 35.5. The summed E-state index contributed by atoms with van der Waals surface area (Å²) in [4.78, 5) is 25.7. The lowest BCUT2D eigenvalue weighted by Gasteiger charge is -2.37. The van der Waals surface area contributed by atoms with Crippen LogP contribution in [0.2, 0.25) is 5.02 Å². The first-order valence-electron chi connectivity index (χ1n) is 8.77. The van der Waals surface area contributed by atoms with Gasteiger partial charge in [0.05, 0.1) is 17.2 Å². The van der Waals surface area contributed by atoms with Gasteiger partial charge in [0.1, 0.15) is 5.82 Å². The van der Waals surface area contributed by atoms with Gasteiger partial charge in [0, 0.05) is 29.7 Å². The fraction of sp³-hybridized carbons (Fsp3) is 0.350. The molecular formula is C20H23ClN4O2. The molecule has 1 aromatic carbocycles. The van der Waals surface area contributed by atoms with Gasteiger partial charge in [-0.25, -0.2) is 4.68 Å². The van der Waals surface area contributed by atoms with Crippen molar-refractivity contribution in [2.45, 2.75) is 26.3 Å². The van der Waals surface area contributed by atoms with E-state index in [9.17, 15) is 9.59 Å². The minimum atomic E-state index is -0.316. The normalized spacial score (nSPS) is 14.6. The Balaban J connectivity index is 1.81. The minimum absolute atomic E-state index is 0.119. The van der Waals surface area contributed by atoms with E-state index in [2.05, 4.69) is 17.0 Å². The summed E-state index contributed by atoms with van der Waals surface area (Å²) in [7, 11) is 0. The Morgan fingerprint density at radius 3 is 2.59 bits per heavy atom. The van der Waals surface area contributed by atoms with Gasteiger partial charge in [0.15, 0.2) is 0 Å². The van der Waals surface area contributed by atoms with E-state index in [-0.39, 0.29) is 23.3 Å². The molecule has 1 aliphatic heterocycles. The van der Waals surface area contributed by atoms with Gasteiger partial charge >= 0.3 is 0 Å². The topological polar surface area (TPSA) is 67.2 Å². The zero-order chi connectivity index (χ0) is 19.8. The van der Waals surface area contributed by atoms with Gasteiger partial charge in [0.2, 0.25) is 11.8 Å². The smallest absolute Gasteiger partial charge is 0.246 e. The number of benzene rings is 1. The lowest BCUT2D eigenvalue weighted by atomic mass is 9.99. The lowest BCUT2D eigenvalue weighted by molar-refractivity contribution is -0.137. The molecule has 1 aromatic heterocycles. The molecule has 2 amide bonds. The number of anilines is 1. The first-order valence-corrected chi connectivity index (χ1v) is 9.15. The van der Waals surface area contributed by atoms with E-state index in [0.29, 0.717) is 23.9 Å². The molecule has 7 heteroatoms. The molecule has 1 fully saturated rings. The number of halogens is 1. The van der Waals surface area contributed by atoms with Gasteiger partial charge in [-0.1, -0.05) is 30.3 Å². The summed E-state index contributed by atoms with van der Waals surface area (Å²) in [6, 6.07) is 9.29. The average Bonchev–Trinajstić information content (AvgIpc) is 2.97. The Bertz CT molecular complexity index is 892. The minimum Gasteiger partial charge on any atom is -0.337 e. The number of aromatic nitrogens is 2. The summed E-state index contributed by atoms with van der Waals surface area (Å²) in [5, 5.41) is 8.27. The van der Waals surface area contributed by atoms with E-state index < -0.39 is 0 Å². The maximum Gasteiger partial charge on any atom is 0.246 e. The molecule has 0 unspecified atom stereocenters. The molecule has 0 saturated carbocycles. The van der Waals surface area contributed by atoms with Gasteiger partial charge in [0.25, 0.3) is 0 Å². The Labute approximate surface area is 163 Å². The lowest BCUT2D eigenvalue weighted by Crippen LogP contribution is -2.54. The van der Waals surface area contributed by atoms with Crippen molar-refractivity contribution < 1.29 is 9.59 Å². The van der Waals surface area contributed by atoms with E-state index in [4.69, 9.17) is 11.6 Å². The summed E-state index contributed by atoms with van der Waals surface area (Å²) >= 11 is 6.09. The highest BCUT2D eigenvalue weighted by molar-refractivity contribution is 6.30. The predicted octanol–water partition coefficient (Wildman–Crippen LogP) is 3.54. The molecule has 2 aromatic rings. The first-order chi connectivity index (χ1) is 12.7. The number of hydrogen-bond acceptors (Lipinski definition) is 3. The largest absolute Gasteiger partial charge is 0.337 e. The molecule has 27 heavy (non-hydrogen) atoms. The number of nitrogens with zero attached hydrogens (tertiary/aromatic N) is 3. The number of carbonyl (C=O) groups is 2. The summed E-state index contributed by atoms with van der Waals surface area (Å²) in [6.45, 7) is 10.3. The average molecular weight is 387 g/mol. The zero-order valence-corrected chi connectivity index (χ0v) is 16.5. The molecule has 0 atom stereocenters. The van der Waals surface area contributed by atoms with E-state index in [1.54, 1.807) is 15.6 Å². The SMILES string of the molecule is C=CC(=O)N1CC(C(=O)Nc2cc(-c3cccc(Cl)c3)nn2C(C)(C)C)C1. The van der Waals surface area contributed by atoms with Crippen LogP contribution in [0.4, 0.5) is 5.82 Å². The third kappa shape index (κ3) is 4.06. The van der Waals surface area contributed by atoms with Crippen LogP contribution < -0.4 is 5.32 Å². The van der Waals surface area contributed by atoms with Crippen LogP contribution in [0.15, 0.2) is 43.0 Å². The fourth-order valence-electron chi connectivity index (χ4n) is 2.95. The van der Waals surface area contributed by atoms with Crippen molar-refractivity contribution >= 4 is 29.2 Å². The summed E-state index contributed by atoms with van der Waals surface area (Å²) in [5.74, 6) is 0.121. The van der Waals surface area contributed by atoms with Crippen LogP contribution in [0.5, 0.6) is 0 Å². The van der Waals surface area contributed by atoms with Crippen LogP contribution in [-0.2, 0) is 15.1 Å². The Morgan fingerprint density at radius 1 is 1.30 bits per heavy atom. The van der Waals surface area contributed by atoms with Crippen molar-refractivity contribution in [3.63, 3.8) is 0 Å². The molecule has 142 valence electrons. The Morgan fingerprint density at radius 2 is 2.00 bits per heavy atom. The fourth-order valence-corrected chi connectivity index (χ4v) is 3.14. The predicted molar refractivity (Wildman–Crippen MR) is 107 cm³/mol. The Kier molecular flexibility index (Phi) is 5.11. The highest BCUT2D eigenvalue weighted by Gasteiger charge is 2.35. The van der Waals surface area contributed by atoms with Gasteiger partial charge in [-0.05, 0) is 39.0 Å². The maximum atomic E-state index is 12.6. The van der Waals surface area contributed by atoms with Gasteiger partial charge in [-0.3, -0.25) is 9.59 Å². The van der Waals surface area contributed by atoms with E-state index >= 15 is 0 Å². The third-order valence-electron chi connectivity index (χ3n) is 4.46. The summed E-state index contributed by atoms with van der Waals surface area (Å²) < 4.78 is 1.80. The van der Waals surface area contributed by atoms with Crippen LogP contribution in [-0.4, -0.2) is 39.6 Å². The second-order valence-corrected chi connectivity index (χ2v) is 8.08. The van der Waals surface area contributed by atoms with Crippen LogP contribution >= 0.6 is 11.6 Å². The summed E-state index contributed by atoms with van der Waals surface area (Å²) in [6.07, 6.45) is 1.26. The molecule has 1 N–H and O–H groups in total. The number of nitrogens with one attached hydrogen (secondary N) is 1. The number of rotatable bonds is 4. The number of carbonyl (C=O) groups excluding carboxylic acids is 2. The van der Waals surface area contributed by atoms with Gasteiger partial charge in [-0.15, -0.1) is 0 Å². The third-order valence-corrected chi connectivity index (χ3v) is 4.69. The van der Waals surface area contributed by atoms with Crippen molar-refractivity contribution in [1.82, 2.24) is 14.7 Å². The number of hydrogen-bond donors (Lipinski definition) is 1. The standard InChI is InChI=1S/C20H23ClN4O2/c1-5-18(26)24-11-14(12-24)19(27)22-17-10-16(23-25(17)20(2,3)4)13-7-6-8-15(21)9-13/h5-10,14H,1,11-12H2,2-4H3,(H,22,27). The van der Waals surface area contributed by atoms with Crippen LogP contribution in [0.3, 0.4) is 0 Å². The molecule has 0 spiro atoms. The quantitative estimate of drug-likeness (QED) is 0.817. The van der Waals surface area contributed by atoms with Crippen LogP contribution in [0.25, 0.3) is 11.3 Å². The van der Waals surface area contributed by atoms with Crippen LogP contribution in [0.1, 0.15) is 20.8 Å². The first kappa shape index (κ1) is 19.2. The van der Waals surface area contributed by atoms with Crippen LogP contribution in [0, 0.1) is 5.92 Å². The highest BCUT2D eigenvalue weighted by Crippen LogP contribution is 2.29. The number of amides is 2. The molecule has 0 radical (unpaired) electrons. The van der Waals surface area contributed by atoms with E-state index in [1.165, 1.54) is 6.08 Å². The molecule has 6 nitrogen and oxygen atoms in total. The maximum absolute atomic E-state index is 12.6. The van der Waals surface area contributed by atoms with E-state index in [1.807, 2.05) is 45.0 Å². The molecule has 1 aliphatic rings. The molecule has 0 bridgehead atoms. The second-order valence-electron chi connectivity index (χ2n) is 7.64. The van der Waals surface area contributed by atoms with Crippen molar-refractivity contribution in [2.75, 3.05) is 18.4 Å². The molecule has 1 saturated heterocycles. The molecule has 0 aliphatic carbocycles. The van der Waals surface area contributed by atoms with Gasteiger partial charge < -0.3 is 10.2 Å². The van der Waals surface area contributed by atoms with Crippen molar-refractivity contribution in [3.8, 4) is 11.3 Å². The van der Waals surface area contributed by atoms with Crippen molar-refractivity contribution in [2.24, 2.45) is 5.92 Å². The molecule has 3 rings (SSSR count). The summed E-state index contributed by atoms with van der Waals surface area (Å²) in [5.41, 5.74) is 1.30. The van der Waals surface area contributed by atoms with Crippen molar-refractivity contribution in [3.05, 3.63) is 48.0 Å². The van der Waals surface area contributed by atoms with Crippen molar-refractivity contribution in [1.29, 1.82) is 0 Å². The Hall–Kier alpha value is -2.60. The van der Waals surface area contributed by atoms with Gasteiger partial charge in [-0.2, -0.15) is 5.10 Å². The molecular weight excluding hydrogens is 364 g/mol. The van der Waals surface area contributed by atoms with E-state index in [0.717, 1.165) is 11.3 Å². The number of likely N-dealkylation sites (tertiary alicyclic amines) is 1. The monoisotopic (exact) mass is 386 g/mol. The molecule has 2 heterocycles. The second kappa shape index (κ2) is 7.19. The zero-order valence-electron chi connectivity index (χ0n) is 15.7.